The molecule has 0 saturated carbocycles. The van der Waals surface area contributed by atoms with Gasteiger partial charge in [0.25, 0.3) is 0 Å². The maximum atomic E-state index is 12.3. The first kappa shape index (κ1) is 20.5. The summed E-state index contributed by atoms with van der Waals surface area (Å²) in [6, 6.07) is 15.5. The van der Waals surface area contributed by atoms with Gasteiger partial charge in [-0.1, -0.05) is 29.8 Å². The van der Waals surface area contributed by atoms with Crippen molar-refractivity contribution in [2.45, 2.75) is 6.61 Å². The standard InChI is InChI=1S/C22H20ClNO5/c1-24-11-5-8-18(24)19(25)14-29-22(26)15-9-10-20(21(12-15)27-2)28-13-16-6-3-4-7-17(16)23/h3-12H,13-14H2,1-2H3. The number of halogens is 1. The van der Waals surface area contributed by atoms with Gasteiger partial charge in [-0.2, -0.15) is 0 Å². The number of esters is 1. The Bertz CT molecular complexity index is 1030. The number of methoxy groups -OCH3 is 1. The lowest BCUT2D eigenvalue weighted by atomic mass is 10.2. The molecule has 3 rings (SSSR count). The zero-order valence-corrected chi connectivity index (χ0v) is 16.8. The molecule has 7 heteroatoms. The fraction of sp³-hybridized carbons (Fsp3) is 0.182. The number of nitrogens with zero attached hydrogens (tertiary/aromatic N) is 1. The number of ether oxygens (including phenoxy) is 3. The monoisotopic (exact) mass is 413 g/mol. The molecule has 6 nitrogen and oxygen atoms in total. The highest BCUT2D eigenvalue weighted by Gasteiger charge is 2.16. The minimum Gasteiger partial charge on any atom is -0.493 e. The SMILES string of the molecule is COc1cc(C(=O)OCC(=O)c2cccn2C)ccc1OCc1ccccc1Cl. The third-order valence-corrected chi connectivity index (χ3v) is 4.67. The number of ketones is 1. The Hall–Kier alpha value is -3.25. The number of rotatable bonds is 8. The number of carbonyl (C=O) groups excluding carboxylic acids is 2. The second-order valence-corrected chi connectivity index (χ2v) is 6.66. The Morgan fingerprint density at radius 1 is 1.03 bits per heavy atom. The fourth-order valence-electron chi connectivity index (χ4n) is 2.72. The Balaban J connectivity index is 1.64. The second kappa shape index (κ2) is 9.30. The number of carbonyl (C=O) groups is 2. The summed E-state index contributed by atoms with van der Waals surface area (Å²) >= 11 is 6.14. The van der Waals surface area contributed by atoms with Crippen LogP contribution in [0.5, 0.6) is 11.5 Å². The molecular formula is C22H20ClNO5. The Labute approximate surface area is 173 Å². The van der Waals surface area contributed by atoms with E-state index in [0.29, 0.717) is 22.2 Å². The van der Waals surface area contributed by atoms with Crippen LogP contribution in [0.3, 0.4) is 0 Å². The van der Waals surface area contributed by atoms with E-state index in [9.17, 15) is 9.59 Å². The molecule has 0 unspecified atom stereocenters. The van der Waals surface area contributed by atoms with Gasteiger partial charge in [0.05, 0.1) is 18.4 Å². The van der Waals surface area contributed by atoms with Crippen molar-refractivity contribution >= 4 is 23.4 Å². The van der Waals surface area contributed by atoms with Gasteiger partial charge in [0.15, 0.2) is 18.1 Å². The van der Waals surface area contributed by atoms with E-state index >= 15 is 0 Å². The topological polar surface area (TPSA) is 66.8 Å². The van der Waals surface area contributed by atoms with Gasteiger partial charge in [-0.25, -0.2) is 4.79 Å². The molecule has 0 N–H and O–H groups in total. The minimum atomic E-state index is -0.622. The number of hydrogen-bond acceptors (Lipinski definition) is 5. The van der Waals surface area contributed by atoms with Crippen LogP contribution >= 0.6 is 11.6 Å². The molecule has 0 fully saturated rings. The van der Waals surface area contributed by atoms with E-state index in [0.717, 1.165) is 5.56 Å². The molecule has 3 aromatic rings. The average molecular weight is 414 g/mol. The third-order valence-electron chi connectivity index (χ3n) is 4.30. The fourth-order valence-corrected chi connectivity index (χ4v) is 2.91. The van der Waals surface area contributed by atoms with Crippen LogP contribution in [0, 0.1) is 0 Å². The molecule has 2 aromatic carbocycles. The molecule has 150 valence electrons. The quantitative estimate of drug-likeness (QED) is 0.406. The molecule has 0 aliphatic heterocycles. The first-order valence-electron chi connectivity index (χ1n) is 8.85. The summed E-state index contributed by atoms with van der Waals surface area (Å²) in [7, 11) is 3.23. The number of aromatic nitrogens is 1. The van der Waals surface area contributed by atoms with Crippen molar-refractivity contribution in [1.82, 2.24) is 4.57 Å². The van der Waals surface area contributed by atoms with E-state index in [1.54, 1.807) is 48.1 Å². The molecule has 0 radical (unpaired) electrons. The Kier molecular flexibility index (Phi) is 6.57. The molecule has 1 aromatic heterocycles. The molecule has 0 aliphatic rings. The van der Waals surface area contributed by atoms with Crippen molar-refractivity contribution in [3.05, 3.63) is 82.6 Å². The van der Waals surface area contributed by atoms with E-state index in [2.05, 4.69) is 0 Å². The number of hydrogen-bond donors (Lipinski definition) is 0. The van der Waals surface area contributed by atoms with Gasteiger partial charge in [-0.15, -0.1) is 0 Å². The zero-order valence-electron chi connectivity index (χ0n) is 16.1. The molecular weight excluding hydrogens is 394 g/mol. The first-order chi connectivity index (χ1) is 14.0. The van der Waals surface area contributed by atoms with E-state index in [4.69, 9.17) is 25.8 Å². The van der Waals surface area contributed by atoms with Crippen molar-refractivity contribution in [3.8, 4) is 11.5 Å². The van der Waals surface area contributed by atoms with Crippen LogP contribution in [0.25, 0.3) is 0 Å². The first-order valence-corrected chi connectivity index (χ1v) is 9.23. The average Bonchev–Trinajstić information content (AvgIpc) is 3.17. The van der Waals surface area contributed by atoms with Gasteiger partial charge >= 0.3 is 5.97 Å². The summed E-state index contributed by atoms with van der Waals surface area (Å²) in [5, 5.41) is 0.606. The largest absolute Gasteiger partial charge is 0.493 e. The number of benzene rings is 2. The maximum Gasteiger partial charge on any atom is 0.338 e. The Morgan fingerprint density at radius 2 is 1.83 bits per heavy atom. The van der Waals surface area contributed by atoms with Gasteiger partial charge in [0.2, 0.25) is 5.78 Å². The summed E-state index contributed by atoms with van der Waals surface area (Å²) in [5.74, 6) is -0.0647. The molecule has 0 atom stereocenters. The highest BCUT2D eigenvalue weighted by Crippen LogP contribution is 2.30. The third kappa shape index (κ3) is 4.97. The highest BCUT2D eigenvalue weighted by atomic mass is 35.5. The van der Waals surface area contributed by atoms with Crippen molar-refractivity contribution < 1.29 is 23.8 Å². The lowest BCUT2D eigenvalue weighted by Crippen LogP contribution is -2.16. The van der Waals surface area contributed by atoms with Gasteiger partial charge in [-0.05, 0) is 36.4 Å². The molecule has 29 heavy (non-hydrogen) atoms. The highest BCUT2D eigenvalue weighted by molar-refractivity contribution is 6.31. The lowest BCUT2D eigenvalue weighted by molar-refractivity contribution is 0.0472. The van der Waals surface area contributed by atoms with Crippen molar-refractivity contribution in [2.75, 3.05) is 13.7 Å². The van der Waals surface area contributed by atoms with Crippen LogP contribution in [0.4, 0.5) is 0 Å². The van der Waals surface area contributed by atoms with Crippen molar-refractivity contribution in [1.29, 1.82) is 0 Å². The van der Waals surface area contributed by atoms with E-state index < -0.39 is 5.97 Å². The number of Topliss-reactive ketones (excluding diaryl/α,β-unsaturated/α-hetero) is 1. The summed E-state index contributed by atoms with van der Waals surface area (Å²) in [6.45, 7) is -0.0885. The Morgan fingerprint density at radius 3 is 2.52 bits per heavy atom. The summed E-state index contributed by atoms with van der Waals surface area (Å²) in [6.07, 6.45) is 1.75. The van der Waals surface area contributed by atoms with Gasteiger partial charge in [0.1, 0.15) is 6.61 Å². The summed E-state index contributed by atoms with van der Waals surface area (Å²) < 4.78 is 17.9. The summed E-state index contributed by atoms with van der Waals surface area (Å²) in [4.78, 5) is 24.4. The maximum absolute atomic E-state index is 12.3. The predicted molar refractivity (Wildman–Crippen MR) is 109 cm³/mol. The van der Waals surface area contributed by atoms with Crippen molar-refractivity contribution in [3.63, 3.8) is 0 Å². The molecule has 1 heterocycles. The molecule has 0 spiro atoms. The predicted octanol–water partition coefficient (Wildman–Crippen LogP) is 4.31. The molecule has 0 amide bonds. The van der Waals surface area contributed by atoms with Gasteiger partial charge in [-0.3, -0.25) is 4.79 Å². The zero-order chi connectivity index (χ0) is 20.8. The minimum absolute atomic E-state index is 0.255. The van der Waals surface area contributed by atoms with Crippen LogP contribution in [0.15, 0.2) is 60.8 Å². The van der Waals surface area contributed by atoms with E-state index in [1.807, 2.05) is 18.2 Å². The number of aryl methyl sites for hydroxylation is 1. The molecule has 0 saturated heterocycles. The summed E-state index contributed by atoms with van der Waals surface area (Å²) in [5.41, 5.74) is 1.56. The van der Waals surface area contributed by atoms with Gasteiger partial charge in [0, 0.05) is 23.8 Å². The molecule has 0 aliphatic carbocycles. The van der Waals surface area contributed by atoms with E-state index in [-0.39, 0.29) is 24.6 Å². The molecule has 0 bridgehead atoms. The second-order valence-electron chi connectivity index (χ2n) is 6.25. The van der Waals surface area contributed by atoms with Crippen LogP contribution < -0.4 is 9.47 Å². The smallest absolute Gasteiger partial charge is 0.338 e. The van der Waals surface area contributed by atoms with Crippen LogP contribution in [-0.4, -0.2) is 30.0 Å². The van der Waals surface area contributed by atoms with Crippen LogP contribution in [0.2, 0.25) is 5.02 Å². The van der Waals surface area contributed by atoms with Crippen molar-refractivity contribution in [2.24, 2.45) is 7.05 Å². The van der Waals surface area contributed by atoms with E-state index in [1.165, 1.54) is 13.2 Å². The van der Waals surface area contributed by atoms with Crippen LogP contribution in [-0.2, 0) is 18.4 Å². The normalized spacial score (nSPS) is 10.4. The van der Waals surface area contributed by atoms with Gasteiger partial charge < -0.3 is 18.8 Å². The lowest BCUT2D eigenvalue weighted by Gasteiger charge is -2.13. The van der Waals surface area contributed by atoms with Crippen LogP contribution in [0.1, 0.15) is 26.4 Å².